The zero-order chi connectivity index (χ0) is 18.0. The number of halogens is 1. The lowest BCUT2D eigenvalue weighted by Gasteiger charge is -2.18. The van der Waals surface area contributed by atoms with Gasteiger partial charge in [0.15, 0.2) is 0 Å². The summed E-state index contributed by atoms with van der Waals surface area (Å²) in [6.07, 6.45) is 0.306. The molecular weight excluding hydrogens is 382 g/mol. The van der Waals surface area contributed by atoms with Crippen LogP contribution in [0.5, 0.6) is 0 Å². The van der Waals surface area contributed by atoms with Crippen molar-refractivity contribution in [1.82, 2.24) is 5.32 Å². The van der Waals surface area contributed by atoms with E-state index in [4.69, 9.17) is 0 Å². The fourth-order valence-electron chi connectivity index (χ4n) is 2.83. The lowest BCUT2D eigenvalue weighted by Crippen LogP contribution is -2.39. The molecule has 5 nitrogen and oxygen atoms in total. The molecule has 2 aromatic rings. The average Bonchev–Trinajstić information content (AvgIpc) is 2.92. The minimum Gasteiger partial charge on any atom is -0.333 e. The number of nitrogens with one attached hydrogen (secondary N) is 2. The van der Waals surface area contributed by atoms with Gasteiger partial charge in [-0.2, -0.15) is 0 Å². The lowest BCUT2D eigenvalue weighted by molar-refractivity contribution is -0.117. The number of hydrogen-bond donors (Lipinski definition) is 2. The summed E-state index contributed by atoms with van der Waals surface area (Å²) < 4.78 is 0.948. The first-order valence-electron chi connectivity index (χ1n) is 8.13. The highest BCUT2D eigenvalue weighted by molar-refractivity contribution is 9.10. The minimum absolute atomic E-state index is 0.0252. The molecular formula is C19H20BrN3O2. The molecule has 3 rings (SSSR count). The fourth-order valence-corrected chi connectivity index (χ4v) is 3.10. The number of carbonyl (C=O) groups is 2. The summed E-state index contributed by atoms with van der Waals surface area (Å²) in [5.41, 5.74) is 3.93. The second-order valence-corrected chi connectivity index (χ2v) is 7.19. The van der Waals surface area contributed by atoms with Crippen LogP contribution in [0.15, 0.2) is 46.9 Å². The van der Waals surface area contributed by atoms with E-state index < -0.39 is 0 Å². The van der Waals surface area contributed by atoms with Crippen molar-refractivity contribution in [3.05, 3.63) is 58.1 Å². The summed E-state index contributed by atoms with van der Waals surface area (Å²) in [6, 6.07) is 12.8. The third kappa shape index (κ3) is 4.20. The van der Waals surface area contributed by atoms with Gasteiger partial charge in [-0.05, 0) is 61.4 Å². The van der Waals surface area contributed by atoms with Crippen LogP contribution in [0.3, 0.4) is 0 Å². The van der Waals surface area contributed by atoms with Crippen LogP contribution in [0.1, 0.15) is 17.5 Å². The molecule has 130 valence electrons. The Morgan fingerprint density at radius 1 is 1.12 bits per heavy atom. The van der Waals surface area contributed by atoms with Crippen LogP contribution in [0, 0.1) is 13.8 Å². The Balaban J connectivity index is 1.61. The smallest absolute Gasteiger partial charge is 0.319 e. The van der Waals surface area contributed by atoms with E-state index in [2.05, 4.69) is 26.6 Å². The molecule has 1 atom stereocenters. The van der Waals surface area contributed by atoms with Gasteiger partial charge in [0.25, 0.3) is 0 Å². The number of aryl methyl sites for hydroxylation is 2. The van der Waals surface area contributed by atoms with Gasteiger partial charge in [0, 0.05) is 28.8 Å². The maximum absolute atomic E-state index is 12.3. The van der Waals surface area contributed by atoms with E-state index in [0.717, 1.165) is 15.7 Å². The summed E-state index contributed by atoms with van der Waals surface area (Å²) in [5.74, 6) is 0.0252. The maximum atomic E-state index is 12.3. The van der Waals surface area contributed by atoms with Crippen molar-refractivity contribution in [2.75, 3.05) is 16.8 Å². The van der Waals surface area contributed by atoms with Crippen molar-refractivity contribution >= 4 is 39.2 Å². The standard InChI is InChI=1S/C19H20BrN3O2/c1-12-3-8-17(9-13(12)2)23-11-16(10-18(23)24)22-19(25)21-15-6-4-14(20)5-7-15/h3-9,16H,10-11H2,1-2H3,(H2,21,22,25)/t16-/m1/s1. The van der Waals surface area contributed by atoms with Crippen LogP contribution >= 0.6 is 15.9 Å². The van der Waals surface area contributed by atoms with E-state index in [0.29, 0.717) is 18.7 Å². The molecule has 6 heteroatoms. The first-order valence-corrected chi connectivity index (χ1v) is 8.92. The Morgan fingerprint density at radius 3 is 2.52 bits per heavy atom. The highest BCUT2D eigenvalue weighted by Crippen LogP contribution is 2.24. The normalized spacial score (nSPS) is 16.8. The Hall–Kier alpha value is -2.34. The van der Waals surface area contributed by atoms with Gasteiger partial charge in [0.2, 0.25) is 5.91 Å². The minimum atomic E-state index is -0.304. The monoisotopic (exact) mass is 401 g/mol. The quantitative estimate of drug-likeness (QED) is 0.816. The molecule has 1 aliphatic rings. The van der Waals surface area contributed by atoms with E-state index in [9.17, 15) is 9.59 Å². The van der Waals surface area contributed by atoms with Gasteiger partial charge in [0.05, 0.1) is 6.04 Å². The van der Waals surface area contributed by atoms with Gasteiger partial charge in [-0.3, -0.25) is 4.79 Å². The molecule has 1 heterocycles. The van der Waals surface area contributed by atoms with Gasteiger partial charge in [-0.15, -0.1) is 0 Å². The summed E-state index contributed by atoms with van der Waals surface area (Å²) >= 11 is 3.36. The van der Waals surface area contributed by atoms with Crippen molar-refractivity contribution < 1.29 is 9.59 Å². The highest BCUT2D eigenvalue weighted by atomic mass is 79.9. The zero-order valence-electron chi connectivity index (χ0n) is 14.2. The molecule has 0 saturated carbocycles. The molecule has 1 saturated heterocycles. The number of hydrogen-bond acceptors (Lipinski definition) is 2. The number of nitrogens with zero attached hydrogens (tertiary/aromatic N) is 1. The molecule has 25 heavy (non-hydrogen) atoms. The van der Waals surface area contributed by atoms with Gasteiger partial charge in [0.1, 0.15) is 0 Å². The molecule has 0 bridgehead atoms. The third-order valence-corrected chi connectivity index (χ3v) is 4.89. The number of urea groups is 1. The first-order chi connectivity index (χ1) is 11.9. The second kappa shape index (κ2) is 7.27. The maximum Gasteiger partial charge on any atom is 0.319 e. The molecule has 0 spiro atoms. The Bertz CT molecular complexity index is 805. The van der Waals surface area contributed by atoms with E-state index in [-0.39, 0.29) is 18.0 Å². The highest BCUT2D eigenvalue weighted by Gasteiger charge is 2.31. The molecule has 0 radical (unpaired) electrons. The summed E-state index contributed by atoms with van der Waals surface area (Å²) in [6.45, 7) is 4.55. The first kappa shape index (κ1) is 17.5. The summed E-state index contributed by atoms with van der Waals surface area (Å²) in [5, 5.41) is 5.66. The van der Waals surface area contributed by atoms with Crippen molar-refractivity contribution in [3.8, 4) is 0 Å². The number of rotatable bonds is 3. The molecule has 0 aromatic heterocycles. The predicted octanol–water partition coefficient (Wildman–Crippen LogP) is 3.99. The van der Waals surface area contributed by atoms with E-state index >= 15 is 0 Å². The third-order valence-electron chi connectivity index (χ3n) is 4.36. The Labute approximate surface area is 155 Å². The second-order valence-electron chi connectivity index (χ2n) is 6.28. The van der Waals surface area contributed by atoms with Crippen LogP contribution in [-0.4, -0.2) is 24.5 Å². The van der Waals surface area contributed by atoms with Crippen LogP contribution in [0.4, 0.5) is 16.2 Å². The van der Waals surface area contributed by atoms with E-state index in [1.807, 2.05) is 56.3 Å². The Morgan fingerprint density at radius 2 is 1.84 bits per heavy atom. The fraction of sp³-hybridized carbons (Fsp3) is 0.263. The number of amides is 3. The summed E-state index contributed by atoms with van der Waals surface area (Å²) in [4.78, 5) is 26.2. The molecule has 0 unspecified atom stereocenters. The largest absolute Gasteiger partial charge is 0.333 e. The SMILES string of the molecule is Cc1ccc(N2C[C@H](NC(=O)Nc3ccc(Br)cc3)CC2=O)cc1C. The molecule has 1 fully saturated rings. The summed E-state index contributed by atoms with van der Waals surface area (Å²) in [7, 11) is 0. The van der Waals surface area contributed by atoms with Crippen LogP contribution in [-0.2, 0) is 4.79 Å². The van der Waals surface area contributed by atoms with Crippen LogP contribution < -0.4 is 15.5 Å². The van der Waals surface area contributed by atoms with Gasteiger partial charge in [-0.1, -0.05) is 22.0 Å². The van der Waals surface area contributed by atoms with Crippen molar-refractivity contribution in [3.63, 3.8) is 0 Å². The lowest BCUT2D eigenvalue weighted by atomic mass is 10.1. The molecule has 2 aromatic carbocycles. The number of carbonyl (C=O) groups excluding carboxylic acids is 2. The number of benzene rings is 2. The van der Waals surface area contributed by atoms with Gasteiger partial charge < -0.3 is 15.5 Å². The average molecular weight is 402 g/mol. The van der Waals surface area contributed by atoms with E-state index in [1.54, 1.807) is 4.90 Å². The van der Waals surface area contributed by atoms with Crippen molar-refractivity contribution in [1.29, 1.82) is 0 Å². The van der Waals surface area contributed by atoms with Gasteiger partial charge >= 0.3 is 6.03 Å². The predicted molar refractivity (Wildman–Crippen MR) is 103 cm³/mol. The van der Waals surface area contributed by atoms with Crippen LogP contribution in [0.25, 0.3) is 0 Å². The van der Waals surface area contributed by atoms with Crippen molar-refractivity contribution in [2.45, 2.75) is 26.3 Å². The topological polar surface area (TPSA) is 61.4 Å². The zero-order valence-corrected chi connectivity index (χ0v) is 15.8. The molecule has 1 aliphatic heterocycles. The Kier molecular flexibility index (Phi) is 5.08. The molecule has 3 amide bonds. The van der Waals surface area contributed by atoms with E-state index in [1.165, 1.54) is 5.56 Å². The van der Waals surface area contributed by atoms with Gasteiger partial charge in [-0.25, -0.2) is 4.79 Å². The van der Waals surface area contributed by atoms with Crippen molar-refractivity contribution in [2.24, 2.45) is 0 Å². The number of anilines is 2. The van der Waals surface area contributed by atoms with Crippen LogP contribution in [0.2, 0.25) is 0 Å². The molecule has 0 aliphatic carbocycles. The molecule has 2 N–H and O–H groups in total.